The lowest BCUT2D eigenvalue weighted by Gasteiger charge is -2.07. The summed E-state index contributed by atoms with van der Waals surface area (Å²) in [7, 11) is 0. The first-order chi connectivity index (χ1) is 15.4. The molecule has 0 bridgehead atoms. The number of hydrogen-bond acceptors (Lipinski definition) is 6. The summed E-state index contributed by atoms with van der Waals surface area (Å²) in [6, 6.07) is 15.8. The molecule has 1 N–H and O–H groups in total. The summed E-state index contributed by atoms with van der Waals surface area (Å²) in [5, 5.41) is 21.3. The van der Waals surface area contributed by atoms with Crippen molar-refractivity contribution in [2.24, 2.45) is 4.99 Å². The van der Waals surface area contributed by atoms with Crippen molar-refractivity contribution in [1.29, 1.82) is 0 Å². The van der Waals surface area contributed by atoms with Crippen LogP contribution in [0, 0.1) is 10.1 Å². The number of nitrogens with zero attached hydrogens (tertiary/aromatic N) is 3. The molecule has 0 unspecified atom stereocenters. The predicted octanol–water partition coefficient (Wildman–Crippen LogP) is 7.03. The van der Waals surface area contributed by atoms with Crippen LogP contribution in [-0.4, -0.2) is 21.2 Å². The molecule has 0 aliphatic rings. The number of phenols is 1. The Hall–Kier alpha value is -3.71. The molecule has 3 aromatic carbocycles. The van der Waals surface area contributed by atoms with Gasteiger partial charge in [-0.25, -0.2) is 4.98 Å². The molecule has 8 heteroatoms. The van der Waals surface area contributed by atoms with E-state index in [1.165, 1.54) is 17.8 Å². The smallest absolute Gasteiger partial charge is 0.312 e. The Bertz CT molecular complexity index is 1350. The number of aromatic hydroxyl groups is 1. The fourth-order valence-corrected chi connectivity index (χ4v) is 3.54. The maximum atomic E-state index is 11.1. The maximum absolute atomic E-state index is 11.1. The third-order valence-electron chi connectivity index (χ3n) is 5.32. The van der Waals surface area contributed by atoms with E-state index in [9.17, 15) is 15.2 Å². The second-order valence-electron chi connectivity index (χ2n) is 7.48. The maximum Gasteiger partial charge on any atom is 0.312 e. The highest BCUT2D eigenvalue weighted by atomic mass is 35.5. The highest BCUT2D eigenvalue weighted by molar-refractivity contribution is 6.31. The Morgan fingerprint density at radius 1 is 1.25 bits per heavy atom. The van der Waals surface area contributed by atoms with Gasteiger partial charge < -0.3 is 9.52 Å². The lowest BCUT2D eigenvalue weighted by atomic mass is 9.98. The molecular weight excluding hydrogens is 430 g/mol. The molecule has 1 aromatic heterocycles. The van der Waals surface area contributed by atoms with Gasteiger partial charge in [-0.05, 0) is 54.3 Å². The predicted molar refractivity (Wildman–Crippen MR) is 125 cm³/mol. The molecule has 1 heterocycles. The van der Waals surface area contributed by atoms with Gasteiger partial charge in [-0.3, -0.25) is 15.1 Å². The zero-order valence-electron chi connectivity index (χ0n) is 17.4. The molecular formula is C24H20ClN3O4. The van der Waals surface area contributed by atoms with E-state index in [4.69, 9.17) is 16.0 Å². The van der Waals surface area contributed by atoms with Crippen LogP contribution in [0.1, 0.15) is 37.3 Å². The van der Waals surface area contributed by atoms with Gasteiger partial charge in [-0.1, -0.05) is 37.6 Å². The van der Waals surface area contributed by atoms with E-state index in [1.807, 2.05) is 24.3 Å². The molecule has 0 fully saturated rings. The van der Waals surface area contributed by atoms with Crippen LogP contribution in [0.5, 0.6) is 5.75 Å². The van der Waals surface area contributed by atoms with Crippen molar-refractivity contribution in [3.8, 4) is 17.2 Å². The number of rotatable bonds is 6. The van der Waals surface area contributed by atoms with Gasteiger partial charge >= 0.3 is 5.69 Å². The lowest BCUT2D eigenvalue weighted by Crippen LogP contribution is -1.92. The van der Waals surface area contributed by atoms with Crippen molar-refractivity contribution < 1.29 is 14.4 Å². The number of oxazole rings is 1. The van der Waals surface area contributed by atoms with E-state index in [-0.39, 0.29) is 10.6 Å². The molecule has 162 valence electrons. The normalized spacial score (nSPS) is 12.5. The summed E-state index contributed by atoms with van der Waals surface area (Å²) >= 11 is 5.93. The minimum absolute atomic E-state index is 0.132. The number of nitro benzene ring substituents is 1. The van der Waals surface area contributed by atoms with Crippen LogP contribution in [0.2, 0.25) is 5.02 Å². The van der Waals surface area contributed by atoms with Gasteiger partial charge in [0.2, 0.25) is 11.6 Å². The molecule has 4 rings (SSSR count). The molecule has 0 saturated heterocycles. The van der Waals surface area contributed by atoms with Crippen LogP contribution in [0.4, 0.5) is 11.4 Å². The molecule has 0 spiro atoms. The SMILES string of the molecule is CC[C@H](C)c1ccc2oc(-c3cccc(N=Cc4cc(Cl)cc([N+](=O)[O-])c4O)c3)nc2c1. The molecule has 0 amide bonds. The van der Waals surface area contributed by atoms with Gasteiger partial charge in [0.15, 0.2) is 5.58 Å². The second-order valence-corrected chi connectivity index (χ2v) is 7.92. The molecule has 7 nitrogen and oxygen atoms in total. The zero-order chi connectivity index (χ0) is 22.8. The Balaban J connectivity index is 1.65. The first kappa shape index (κ1) is 21.5. The zero-order valence-corrected chi connectivity index (χ0v) is 18.2. The van der Waals surface area contributed by atoms with Gasteiger partial charge in [0, 0.05) is 28.4 Å². The number of phenolic OH excluding ortho intramolecular Hbond substituents is 1. The summed E-state index contributed by atoms with van der Waals surface area (Å²) < 4.78 is 5.92. The van der Waals surface area contributed by atoms with Gasteiger partial charge in [0.25, 0.3) is 0 Å². The molecule has 1 atom stereocenters. The summed E-state index contributed by atoms with van der Waals surface area (Å²) in [6.07, 6.45) is 2.37. The summed E-state index contributed by atoms with van der Waals surface area (Å²) in [5.74, 6) is 0.422. The Kier molecular flexibility index (Phi) is 5.92. The van der Waals surface area contributed by atoms with Crippen LogP contribution in [0.25, 0.3) is 22.6 Å². The Morgan fingerprint density at radius 3 is 2.81 bits per heavy atom. The second kappa shape index (κ2) is 8.80. The van der Waals surface area contributed by atoms with Crippen molar-refractivity contribution in [2.75, 3.05) is 0 Å². The van der Waals surface area contributed by atoms with Crippen molar-refractivity contribution in [1.82, 2.24) is 4.98 Å². The van der Waals surface area contributed by atoms with Crippen LogP contribution >= 0.6 is 11.6 Å². The molecule has 0 saturated carbocycles. The highest BCUT2D eigenvalue weighted by Gasteiger charge is 2.18. The Morgan fingerprint density at radius 2 is 2.06 bits per heavy atom. The van der Waals surface area contributed by atoms with Crippen LogP contribution in [-0.2, 0) is 0 Å². The van der Waals surface area contributed by atoms with Gasteiger partial charge in [0.05, 0.1) is 10.6 Å². The number of fused-ring (bicyclic) bond motifs is 1. The van der Waals surface area contributed by atoms with Crippen LogP contribution in [0.15, 0.2) is 64.0 Å². The average molecular weight is 450 g/mol. The van der Waals surface area contributed by atoms with Crippen molar-refractivity contribution in [3.63, 3.8) is 0 Å². The summed E-state index contributed by atoms with van der Waals surface area (Å²) in [6.45, 7) is 4.33. The van der Waals surface area contributed by atoms with E-state index in [0.29, 0.717) is 23.1 Å². The van der Waals surface area contributed by atoms with E-state index in [1.54, 1.807) is 12.1 Å². The number of benzene rings is 3. The largest absolute Gasteiger partial charge is 0.502 e. The summed E-state index contributed by atoms with van der Waals surface area (Å²) in [4.78, 5) is 19.3. The third-order valence-corrected chi connectivity index (χ3v) is 5.54. The monoisotopic (exact) mass is 449 g/mol. The number of halogens is 1. The van der Waals surface area contributed by atoms with Crippen LogP contribution in [0.3, 0.4) is 0 Å². The molecule has 0 radical (unpaired) electrons. The van der Waals surface area contributed by atoms with E-state index >= 15 is 0 Å². The first-order valence-corrected chi connectivity index (χ1v) is 10.5. The van der Waals surface area contributed by atoms with Gasteiger partial charge in [0.1, 0.15) is 5.52 Å². The van der Waals surface area contributed by atoms with E-state index in [0.717, 1.165) is 23.6 Å². The average Bonchev–Trinajstić information content (AvgIpc) is 3.22. The van der Waals surface area contributed by atoms with Crippen molar-refractivity contribution in [2.45, 2.75) is 26.2 Å². The third kappa shape index (κ3) is 4.33. The number of aliphatic imine (C=N–C) groups is 1. The summed E-state index contributed by atoms with van der Waals surface area (Å²) in [5.41, 5.74) is 3.69. The minimum Gasteiger partial charge on any atom is -0.502 e. The van der Waals surface area contributed by atoms with Crippen molar-refractivity contribution >= 4 is 40.3 Å². The number of nitro groups is 1. The molecule has 0 aliphatic heterocycles. The van der Waals surface area contributed by atoms with Crippen molar-refractivity contribution in [3.05, 3.63) is 80.9 Å². The van der Waals surface area contributed by atoms with E-state index in [2.05, 4.69) is 29.9 Å². The number of aromatic nitrogens is 1. The molecule has 0 aliphatic carbocycles. The molecule has 32 heavy (non-hydrogen) atoms. The highest BCUT2D eigenvalue weighted by Crippen LogP contribution is 2.33. The van der Waals surface area contributed by atoms with Crippen LogP contribution < -0.4 is 0 Å². The fourth-order valence-electron chi connectivity index (χ4n) is 3.32. The first-order valence-electron chi connectivity index (χ1n) is 10.1. The lowest BCUT2D eigenvalue weighted by molar-refractivity contribution is -0.385. The fraction of sp³-hybridized carbons (Fsp3) is 0.167. The molecule has 4 aromatic rings. The quantitative estimate of drug-likeness (QED) is 0.193. The van der Waals surface area contributed by atoms with Gasteiger partial charge in [-0.2, -0.15) is 0 Å². The Labute approximate surface area is 189 Å². The van der Waals surface area contributed by atoms with E-state index < -0.39 is 16.4 Å². The topological polar surface area (TPSA) is 102 Å². The van der Waals surface area contributed by atoms with Gasteiger partial charge in [-0.15, -0.1) is 0 Å². The number of hydrogen-bond donors (Lipinski definition) is 1. The standard InChI is InChI=1S/C24H20ClN3O4/c1-3-14(2)15-7-8-22-20(11-15)27-24(32-22)16-5-4-6-19(10-16)26-13-17-9-18(25)12-21(23(17)29)28(30)31/h4-14,29H,3H2,1-2H3/t14-/m0/s1. The minimum atomic E-state index is -0.695.